The molecule has 0 aromatic rings. The maximum absolute atomic E-state index is 2.48. The van der Waals surface area contributed by atoms with Crippen molar-refractivity contribution in [1.29, 1.82) is 0 Å². The Labute approximate surface area is 105 Å². The van der Waals surface area contributed by atoms with Crippen molar-refractivity contribution >= 4 is 23.5 Å². The molecule has 0 radical (unpaired) electrons. The molecule has 0 aromatic heterocycles. The molecule has 3 aliphatic heterocycles. The minimum Gasteiger partial charge on any atom is -0.335 e. The van der Waals surface area contributed by atoms with Crippen LogP contribution in [0.15, 0.2) is 31.3 Å². The Bertz CT molecular complexity index is 418. The van der Waals surface area contributed by atoms with E-state index < -0.39 is 0 Å². The van der Waals surface area contributed by atoms with E-state index in [0.717, 1.165) is 13.1 Å². The first-order chi connectivity index (χ1) is 7.59. The van der Waals surface area contributed by atoms with Crippen molar-refractivity contribution in [3.05, 3.63) is 31.3 Å². The molecule has 0 atom stereocenters. The van der Waals surface area contributed by atoms with E-state index in [-0.39, 0.29) is 0 Å². The lowest BCUT2D eigenvalue weighted by molar-refractivity contribution is 0.328. The lowest BCUT2D eigenvalue weighted by atomic mass is 10.3. The lowest BCUT2D eigenvalue weighted by Gasteiger charge is -2.34. The fourth-order valence-electron chi connectivity index (χ4n) is 2.29. The Morgan fingerprint density at radius 3 is 1.50 bits per heavy atom. The zero-order valence-corrected chi connectivity index (χ0v) is 11.8. The van der Waals surface area contributed by atoms with Gasteiger partial charge in [-0.1, -0.05) is 23.5 Å². The smallest absolute Gasteiger partial charge is 0.111 e. The highest BCUT2D eigenvalue weighted by atomic mass is 32.2. The van der Waals surface area contributed by atoms with Crippen molar-refractivity contribution in [3.63, 3.8) is 0 Å². The van der Waals surface area contributed by atoms with Crippen LogP contribution in [-0.4, -0.2) is 22.9 Å². The van der Waals surface area contributed by atoms with Crippen LogP contribution in [0.2, 0.25) is 0 Å². The number of nitrogens with zero attached hydrogens (tertiary/aromatic N) is 2. The molecule has 0 spiro atoms. The van der Waals surface area contributed by atoms with Crippen molar-refractivity contribution < 1.29 is 0 Å². The summed E-state index contributed by atoms with van der Waals surface area (Å²) in [6.07, 6.45) is 0. The Kier molecular flexibility index (Phi) is 2.33. The van der Waals surface area contributed by atoms with Gasteiger partial charge in [0.25, 0.3) is 0 Å². The van der Waals surface area contributed by atoms with E-state index in [2.05, 4.69) is 37.5 Å². The Morgan fingerprint density at radius 2 is 1.12 bits per heavy atom. The van der Waals surface area contributed by atoms with Crippen molar-refractivity contribution in [2.45, 2.75) is 27.7 Å². The number of hydrogen-bond acceptors (Lipinski definition) is 4. The monoisotopic (exact) mass is 252 g/mol. The van der Waals surface area contributed by atoms with Crippen LogP contribution in [0.1, 0.15) is 27.7 Å². The van der Waals surface area contributed by atoms with Crippen LogP contribution in [0.5, 0.6) is 0 Å². The molecule has 0 saturated heterocycles. The van der Waals surface area contributed by atoms with Crippen LogP contribution >= 0.6 is 23.5 Å². The van der Waals surface area contributed by atoms with Crippen LogP contribution in [0, 0.1) is 0 Å². The third kappa shape index (κ3) is 1.29. The summed E-state index contributed by atoms with van der Waals surface area (Å²) in [7, 11) is 0. The molecule has 0 amide bonds. The molecular formula is C12H16N2S2. The lowest BCUT2D eigenvalue weighted by Crippen LogP contribution is -2.35. The molecule has 0 unspecified atom stereocenters. The maximum atomic E-state index is 2.48. The summed E-state index contributed by atoms with van der Waals surface area (Å²) >= 11 is 3.87. The van der Waals surface area contributed by atoms with Gasteiger partial charge in [-0.05, 0) is 27.7 Å². The standard InChI is InChI=1S/C12H16N2S2/c1-7-9(3)15-11-12-14(6-5-13(7)11)8(2)10(4)16-12/h5-6H2,1-4H3. The first kappa shape index (κ1) is 10.7. The van der Waals surface area contributed by atoms with Gasteiger partial charge in [0.15, 0.2) is 0 Å². The summed E-state index contributed by atoms with van der Waals surface area (Å²) < 4.78 is 0. The quantitative estimate of drug-likeness (QED) is 0.648. The van der Waals surface area contributed by atoms with Crippen LogP contribution in [-0.2, 0) is 0 Å². The van der Waals surface area contributed by atoms with Crippen molar-refractivity contribution in [1.82, 2.24) is 9.80 Å². The minimum atomic E-state index is 1.13. The van der Waals surface area contributed by atoms with Gasteiger partial charge in [-0.25, -0.2) is 0 Å². The Morgan fingerprint density at radius 1 is 0.750 bits per heavy atom. The summed E-state index contributed by atoms with van der Waals surface area (Å²) in [6, 6.07) is 0. The van der Waals surface area contributed by atoms with Gasteiger partial charge in [-0.15, -0.1) is 0 Å². The molecule has 3 aliphatic rings. The summed E-state index contributed by atoms with van der Waals surface area (Å²) in [6.45, 7) is 11.2. The van der Waals surface area contributed by atoms with Gasteiger partial charge in [0.1, 0.15) is 10.1 Å². The van der Waals surface area contributed by atoms with Gasteiger partial charge < -0.3 is 9.80 Å². The average Bonchev–Trinajstić information content (AvgIpc) is 2.70. The van der Waals surface area contributed by atoms with E-state index in [1.807, 2.05) is 23.5 Å². The molecular weight excluding hydrogens is 236 g/mol. The van der Waals surface area contributed by atoms with Crippen LogP contribution < -0.4 is 0 Å². The third-order valence-electron chi connectivity index (χ3n) is 3.55. The molecule has 0 aliphatic carbocycles. The van der Waals surface area contributed by atoms with Gasteiger partial charge in [-0.2, -0.15) is 0 Å². The predicted molar refractivity (Wildman–Crippen MR) is 72.4 cm³/mol. The number of allylic oxidation sites excluding steroid dienone is 4. The number of rotatable bonds is 0. The predicted octanol–water partition coefficient (Wildman–Crippen LogP) is 3.73. The van der Waals surface area contributed by atoms with E-state index in [4.69, 9.17) is 0 Å². The minimum absolute atomic E-state index is 1.13. The second-order valence-corrected chi connectivity index (χ2v) is 6.81. The van der Waals surface area contributed by atoms with E-state index in [1.165, 1.54) is 31.3 Å². The molecule has 86 valence electrons. The van der Waals surface area contributed by atoms with E-state index >= 15 is 0 Å². The molecule has 0 bridgehead atoms. The summed E-state index contributed by atoms with van der Waals surface area (Å²) in [5.41, 5.74) is 2.88. The number of thioether (sulfide) groups is 2. The van der Waals surface area contributed by atoms with Gasteiger partial charge in [-0.3, -0.25) is 0 Å². The molecule has 0 saturated carbocycles. The first-order valence-electron chi connectivity index (χ1n) is 5.59. The Hall–Kier alpha value is -0.480. The van der Waals surface area contributed by atoms with Crippen molar-refractivity contribution in [2.24, 2.45) is 0 Å². The van der Waals surface area contributed by atoms with Crippen molar-refractivity contribution in [2.75, 3.05) is 13.1 Å². The zero-order chi connectivity index (χ0) is 11.4. The average molecular weight is 252 g/mol. The van der Waals surface area contributed by atoms with Gasteiger partial charge >= 0.3 is 0 Å². The van der Waals surface area contributed by atoms with E-state index in [9.17, 15) is 0 Å². The van der Waals surface area contributed by atoms with Gasteiger partial charge in [0.2, 0.25) is 0 Å². The van der Waals surface area contributed by atoms with Crippen LogP contribution in [0.25, 0.3) is 0 Å². The highest BCUT2D eigenvalue weighted by Crippen LogP contribution is 2.52. The van der Waals surface area contributed by atoms with E-state index in [0.29, 0.717) is 0 Å². The summed E-state index contributed by atoms with van der Waals surface area (Å²) in [4.78, 5) is 7.86. The molecule has 3 heterocycles. The SMILES string of the molecule is CC1=C(C)N2CCN3C(C)=C(C)SC3=C2S1. The number of fused-ring (bicyclic) bond motifs is 2. The van der Waals surface area contributed by atoms with Crippen LogP contribution in [0.3, 0.4) is 0 Å². The molecule has 3 rings (SSSR count). The van der Waals surface area contributed by atoms with Crippen LogP contribution in [0.4, 0.5) is 0 Å². The highest BCUT2D eigenvalue weighted by Gasteiger charge is 2.36. The molecule has 16 heavy (non-hydrogen) atoms. The normalized spacial score (nSPS) is 24.8. The molecule has 0 N–H and O–H groups in total. The zero-order valence-electron chi connectivity index (χ0n) is 10.1. The molecule has 2 nitrogen and oxygen atoms in total. The third-order valence-corrected chi connectivity index (χ3v) is 6.10. The first-order valence-corrected chi connectivity index (χ1v) is 7.23. The molecule has 4 heteroatoms. The maximum Gasteiger partial charge on any atom is 0.111 e. The highest BCUT2D eigenvalue weighted by molar-refractivity contribution is 8.10. The second kappa shape index (κ2) is 3.50. The fraction of sp³-hybridized carbons (Fsp3) is 0.500. The topological polar surface area (TPSA) is 6.48 Å². The summed E-state index contributed by atoms with van der Waals surface area (Å²) in [5.74, 6) is 0. The van der Waals surface area contributed by atoms with Gasteiger partial charge in [0.05, 0.1) is 0 Å². The van der Waals surface area contributed by atoms with E-state index in [1.54, 1.807) is 0 Å². The second-order valence-electron chi connectivity index (χ2n) is 4.40. The van der Waals surface area contributed by atoms with Crippen molar-refractivity contribution in [3.8, 4) is 0 Å². The number of hydrogen-bond donors (Lipinski definition) is 0. The Balaban J connectivity index is 2.04. The van der Waals surface area contributed by atoms with Gasteiger partial charge in [0, 0.05) is 34.3 Å². The largest absolute Gasteiger partial charge is 0.335 e. The summed E-state index contributed by atoms with van der Waals surface area (Å²) in [5, 5.41) is 2.89. The molecule has 0 aromatic carbocycles. The fourth-order valence-corrected chi connectivity index (χ4v) is 4.71. The molecule has 0 fully saturated rings.